The molecular weight excluding hydrogens is 534 g/mol. The predicted molar refractivity (Wildman–Crippen MR) is 165 cm³/mol. The normalized spacial score (nSPS) is 15.9. The number of ether oxygens (including phenoxy) is 2. The van der Waals surface area contributed by atoms with Crippen molar-refractivity contribution < 1.29 is 14.6 Å². The topological polar surface area (TPSA) is 89.5 Å². The summed E-state index contributed by atoms with van der Waals surface area (Å²) in [5.74, 6) is 1.58. The third-order valence-corrected chi connectivity index (χ3v) is 8.69. The fourth-order valence-electron chi connectivity index (χ4n) is 6.49. The van der Waals surface area contributed by atoms with E-state index in [1.807, 2.05) is 72.8 Å². The molecule has 0 saturated carbocycles. The minimum absolute atomic E-state index is 0.157. The molecule has 0 unspecified atom stereocenters. The molecule has 6 heteroatoms. The molecule has 4 aromatic rings. The van der Waals surface area contributed by atoms with Crippen LogP contribution < -0.4 is 9.47 Å². The molecular formula is C37H35N3O3. The lowest BCUT2D eigenvalue weighted by atomic mass is 9.96. The van der Waals surface area contributed by atoms with Crippen molar-refractivity contribution in [1.29, 1.82) is 10.5 Å². The molecule has 6 nitrogen and oxygen atoms in total. The lowest BCUT2D eigenvalue weighted by Crippen LogP contribution is -2.32. The van der Waals surface area contributed by atoms with Crippen molar-refractivity contribution in [3.05, 3.63) is 118 Å². The fourth-order valence-corrected chi connectivity index (χ4v) is 6.49. The van der Waals surface area contributed by atoms with Gasteiger partial charge in [0, 0.05) is 29.8 Å². The van der Waals surface area contributed by atoms with Gasteiger partial charge in [-0.05, 0) is 78.6 Å². The summed E-state index contributed by atoms with van der Waals surface area (Å²) in [7, 11) is 0. The zero-order valence-electron chi connectivity index (χ0n) is 24.3. The van der Waals surface area contributed by atoms with E-state index in [4.69, 9.17) is 9.47 Å². The van der Waals surface area contributed by atoms with Crippen LogP contribution in [0.5, 0.6) is 11.5 Å². The number of nitrogens with zero attached hydrogens (tertiary/aromatic N) is 3. The Balaban J connectivity index is 1.33. The van der Waals surface area contributed by atoms with Gasteiger partial charge in [0.05, 0.1) is 23.8 Å². The van der Waals surface area contributed by atoms with Gasteiger partial charge in [-0.2, -0.15) is 10.5 Å². The molecule has 1 heterocycles. The van der Waals surface area contributed by atoms with Crippen LogP contribution in [0.1, 0.15) is 58.2 Å². The molecule has 0 spiro atoms. The maximum Gasteiger partial charge on any atom is 0.128 e. The SMILES string of the molecule is N#Cc1cccc(COc2cc(OCc3cccc(-c4ccccc4)c3C#N)c3c(c2CN2CCC[C@H]2CO)CCC3)c1. The molecule has 6 rings (SSSR count). The first-order valence-corrected chi connectivity index (χ1v) is 15.0. The van der Waals surface area contributed by atoms with E-state index in [0.717, 1.165) is 78.9 Å². The number of benzene rings is 4. The molecule has 1 N–H and O–H groups in total. The minimum atomic E-state index is 0.157. The van der Waals surface area contributed by atoms with Gasteiger partial charge in [0.25, 0.3) is 0 Å². The van der Waals surface area contributed by atoms with Crippen LogP contribution in [0.4, 0.5) is 0 Å². The third-order valence-electron chi connectivity index (χ3n) is 8.69. The van der Waals surface area contributed by atoms with Gasteiger partial charge in [0.15, 0.2) is 0 Å². The van der Waals surface area contributed by atoms with Crippen molar-refractivity contribution in [3.63, 3.8) is 0 Å². The van der Waals surface area contributed by atoms with Crippen LogP contribution in [-0.2, 0) is 32.6 Å². The number of likely N-dealkylation sites (tertiary alicyclic amines) is 1. The number of nitriles is 2. The Kier molecular flexibility index (Phi) is 8.70. The predicted octanol–water partition coefficient (Wildman–Crippen LogP) is 6.70. The summed E-state index contributed by atoms with van der Waals surface area (Å²) in [6, 6.07) is 30.2. The van der Waals surface area contributed by atoms with Crippen LogP contribution >= 0.6 is 0 Å². The van der Waals surface area contributed by atoms with Crippen LogP contribution in [0.2, 0.25) is 0 Å². The smallest absolute Gasteiger partial charge is 0.128 e. The van der Waals surface area contributed by atoms with E-state index in [9.17, 15) is 15.6 Å². The van der Waals surface area contributed by atoms with E-state index in [1.54, 1.807) is 6.07 Å². The third kappa shape index (κ3) is 6.13. The Morgan fingerprint density at radius 3 is 2.44 bits per heavy atom. The highest BCUT2D eigenvalue weighted by atomic mass is 16.5. The first-order valence-electron chi connectivity index (χ1n) is 15.0. The number of fused-ring (bicyclic) bond motifs is 1. The monoisotopic (exact) mass is 569 g/mol. The summed E-state index contributed by atoms with van der Waals surface area (Å²) < 4.78 is 13.0. The highest BCUT2D eigenvalue weighted by Gasteiger charge is 2.29. The molecule has 2 aliphatic rings. The second-order valence-electron chi connectivity index (χ2n) is 11.3. The van der Waals surface area contributed by atoms with Crippen molar-refractivity contribution in [2.45, 2.75) is 57.9 Å². The Hall–Kier alpha value is -4.62. The first-order chi connectivity index (χ1) is 21.2. The van der Waals surface area contributed by atoms with Crippen molar-refractivity contribution in [3.8, 4) is 34.8 Å². The second-order valence-corrected chi connectivity index (χ2v) is 11.3. The molecule has 4 aromatic carbocycles. The van der Waals surface area contributed by atoms with Crippen LogP contribution in [0.3, 0.4) is 0 Å². The van der Waals surface area contributed by atoms with Crippen LogP contribution in [0, 0.1) is 22.7 Å². The maximum absolute atomic E-state index is 10.1. The standard InChI is InChI=1S/C37H35N3O3/c38-20-26-8-4-9-27(18-26)24-42-37-19-36(33-16-6-15-32(33)35(37)22-40-17-7-13-30(40)23-41)43-25-29-12-5-14-31(34(29)21-39)28-10-2-1-3-11-28/h1-5,8-12,14,18-19,30,41H,6-7,13,15-17,22-25H2/t30-/m0/s1. The lowest BCUT2D eigenvalue weighted by molar-refractivity contribution is 0.151. The molecule has 1 fully saturated rings. The quantitative estimate of drug-likeness (QED) is 0.229. The first kappa shape index (κ1) is 28.5. The van der Waals surface area contributed by atoms with Crippen molar-refractivity contribution in [2.24, 2.45) is 0 Å². The molecule has 1 atom stereocenters. The molecule has 1 aliphatic carbocycles. The van der Waals surface area contributed by atoms with Crippen molar-refractivity contribution >= 4 is 0 Å². The van der Waals surface area contributed by atoms with Gasteiger partial charge < -0.3 is 14.6 Å². The van der Waals surface area contributed by atoms with Gasteiger partial charge in [0.2, 0.25) is 0 Å². The highest BCUT2D eigenvalue weighted by Crippen LogP contribution is 2.41. The van der Waals surface area contributed by atoms with Gasteiger partial charge in [-0.3, -0.25) is 4.90 Å². The van der Waals surface area contributed by atoms with Gasteiger partial charge in [-0.25, -0.2) is 0 Å². The molecule has 0 aromatic heterocycles. The highest BCUT2D eigenvalue weighted by molar-refractivity contribution is 5.72. The Labute approximate surface area is 253 Å². The van der Waals surface area contributed by atoms with Gasteiger partial charge in [0.1, 0.15) is 30.8 Å². The Morgan fingerprint density at radius 2 is 1.63 bits per heavy atom. The van der Waals surface area contributed by atoms with Gasteiger partial charge in [-0.15, -0.1) is 0 Å². The van der Waals surface area contributed by atoms with Crippen LogP contribution in [0.15, 0.2) is 78.9 Å². The summed E-state index contributed by atoms with van der Waals surface area (Å²) in [6.45, 7) is 2.44. The summed E-state index contributed by atoms with van der Waals surface area (Å²) in [5.41, 5.74) is 8.57. The molecule has 0 bridgehead atoms. The zero-order chi connectivity index (χ0) is 29.6. The summed E-state index contributed by atoms with van der Waals surface area (Å²) in [6.07, 6.45) is 5.01. The largest absolute Gasteiger partial charge is 0.488 e. The van der Waals surface area contributed by atoms with Gasteiger partial charge in [-0.1, -0.05) is 60.7 Å². The summed E-state index contributed by atoms with van der Waals surface area (Å²) >= 11 is 0. The summed E-state index contributed by atoms with van der Waals surface area (Å²) in [4.78, 5) is 2.37. The molecule has 0 amide bonds. The van der Waals surface area contributed by atoms with Crippen LogP contribution in [-0.4, -0.2) is 29.2 Å². The van der Waals surface area contributed by atoms with Gasteiger partial charge >= 0.3 is 0 Å². The number of rotatable bonds is 10. The minimum Gasteiger partial charge on any atom is -0.488 e. The molecule has 1 saturated heterocycles. The molecule has 216 valence electrons. The molecule has 1 aliphatic heterocycles. The Morgan fingerprint density at radius 1 is 0.814 bits per heavy atom. The fraction of sp³-hybridized carbons (Fsp3) is 0.297. The zero-order valence-corrected chi connectivity index (χ0v) is 24.3. The average Bonchev–Trinajstić information content (AvgIpc) is 3.74. The van der Waals surface area contributed by atoms with E-state index < -0.39 is 0 Å². The lowest BCUT2D eigenvalue weighted by Gasteiger charge is -2.26. The van der Waals surface area contributed by atoms with E-state index in [1.165, 1.54) is 16.7 Å². The van der Waals surface area contributed by atoms with Crippen LogP contribution in [0.25, 0.3) is 11.1 Å². The van der Waals surface area contributed by atoms with E-state index in [2.05, 4.69) is 17.0 Å². The van der Waals surface area contributed by atoms with Crippen molar-refractivity contribution in [2.75, 3.05) is 13.2 Å². The van der Waals surface area contributed by atoms with Crippen molar-refractivity contribution in [1.82, 2.24) is 4.90 Å². The molecule has 0 radical (unpaired) electrons. The average molecular weight is 570 g/mol. The van der Waals surface area contributed by atoms with E-state index in [-0.39, 0.29) is 19.3 Å². The number of hydrogen-bond donors (Lipinski definition) is 1. The second kappa shape index (κ2) is 13.1. The summed E-state index contributed by atoms with van der Waals surface area (Å²) in [5, 5.41) is 29.5. The Bertz CT molecular complexity index is 1690. The molecule has 43 heavy (non-hydrogen) atoms. The van der Waals surface area contributed by atoms with E-state index >= 15 is 0 Å². The number of aliphatic hydroxyl groups excluding tert-OH is 1. The maximum atomic E-state index is 10.1. The number of aliphatic hydroxyl groups is 1. The number of hydrogen-bond acceptors (Lipinski definition) is 6. The van der Waals surface area contributed by atoms with E-state index in [0.29, 0.717) is 17.7 Å².